The minimum absolute atomic E-state index is 0.0266. The molecule has 0 radical (unpaired) electrons. The molecule has 1 atom stereocenters. The largest absolute Gasteiger partial charge is 0.491 e. The Labute approximate surface area is 129 Å². The first-order valence-corrected chi connectivity index (χ1v) is 7.05. The van der Waals surface area contributed by atoms with Crippen LogP contribution >= 0.6 is 12.2 Å². The average molecular weight is 304 g/mol. The van der Waals surface area contributed by atoms with E-state index < -0.39 is 0 Å². The molecule has 0 fully saturated rings. The van der Waals surface area contributed by atoms with Gasteiger partial charge in [0.2, 0.25) is 0 Å². The third-order valence-corrected chi connectivity index (χ3v) is 2.92. The first-order chi connectivity index (χ1) is 10.1. The summed E-state index contributed by atoms with van der Waals surface area (Å²) >= 11 is 5.19. The van der Waals surface area contributed by atoms with Crippen molar-refractivity contribution in [3.63, 3.8) is 0 Å². The molecule has 2 aromatic rings. The number of hydrogen-bond donors (Lipinski definition) is 2. The lowest BCUT2D eigenvalue weighted by molar-refractivity contribution is 0.287. The van der Waals surface area contributed by atoms with Crippen LogP contribution in [0.15, 0.2) is 54.6 Å². The second-order valence-electron chi connectivity index (χ2n) is 4.63. The van der Waals surface area contributed by atoms with Gasteiger partial charge in [-0.15, -0.1) is 0 Å². The highest BCUT2D eigenvalue weighted by Gasteiger charge is 2.06. The van der Waals surface area contributed by atoms with Crippen LogP contribution in [0.3, 0.4) is 0 Å². The lowest BCUT2D eigenvalue weighted by Crippen LogP contribution is -2.39. The van der Waals surface area contributed by atoms with Crippen LogP contribution in [0.5, 0.6) is 5.75 Å². The van der Waals surface area contributed by atoms with Crippen LogP contribution in [-0.4, -0.2) is 17.8 Å². The molecule has 0 saturated carbocycles. The summed E-state index contributed by atoms with van der Waals surface area (Å²) in [4.78, 5) is 0. The molecule has 0 aliphatic heterocycles. The van der Waals surface area contributed by atoms with Crippen LogP contribution in [0.1, 0.15) is 6.92 Å². The summed E-state index contributed by atoms with van der Waals surface area (Å²) in [6.07, 6.45) is 0. The van der Waals surface area contributed by atoms with Crippen molar-refractivity contribution in [1.29, 1.82) is 0 Å². The van der Waals surface area contributed by atoms with Crippen molar-refractivity contribution < 1.29 is 9.13 Å². The van der Waals surface area contributed by atoms with Crippen molar-refractivity contribution in [3.05, 3.63) is 60.4 Å². The Balaban J connectivity index is 1.77. The highest BCUT2D eigenvalue weighted by molar-refractivity contribution is 7.80. The SMILES string of the molecule is CC(COc1ccccc1)NC(=S)Nc1cccc(F)c1. The van der Waals surface area contributed by atoms with Gasteiger partial charge in [0.05, 0.1) is 6.04 Å². The number of thiocarbonyl (C=S) groups is 1. The minimum atomic E-state index is -0.303. The quantitative estimate of drug-likeness (QED) is 0.827. The summed E-state index contributed by atoms with van der Waals surface area (Å²) in [5.41, 5.74) is 0.615. The predicted molar refractivity (Wildman–Crippen MR) is 87.2 cm³/mol. The lowest BCUT2D eigenvalue weighted by Gasteiger charge is -2.17. The zero-order chi connectivity index (χ0) is 15.1. The summed E-state index contributed by atoms with van der Waals surface area (Å²) in [7, 11) is 0. The monoisotopic (exact) mass is 304 g/mol. The Kier molecular flexibility index (Phi) is 5.51. The molecular formula is C16H17FN2OS. The summed E-state index contributed by atoms with van der Waals surface area (Å²) in [6.45, 7) is 2.44. The lowest BCUT2D eigenvalue weighted by atomic mass is 10.3. The van der Waals surface area contributed by atoms with Gasteiger partial charge in [-0.25, -0.2) is 4.39 Å². The van der Waals surface area contributed by atoms with E-state index in [1.54, 1.807) is 12.1 Å². The molecule has 0 aliphatic carbocycles. The van der Waals surface area contributed by atoms with E-state index in [1.165, 1.54) is 12.1 Å². The van der Waals surface area contributed by atoms with Gasteiger partial charge in [-0.05, 0) is 49.5 Å². The molecule has 110 valence electrons. The fourth-order valence-electron chi connectivity index (χ4n) is 1.74. The third kappa shape index (κ3) is 5.39. The average Bonchev–Trinajstić information content (AvgIpc) is 2.46. The second kappa shape index (κ2) is 7.59. The molecule has 2 rings (SSSR count). The van der Waals surface area contributed by atoms with Crippen LogP contribution in [0.25, 0.3) is 0 Å². The van der Waals surface area contributed by atoms with E-state index in [4.69, 9.17) is 17.0 Å². The first-order valence-electron chi connectivity index (χ1n) is 6.64. The summed E-state index contributed by atoms with van der Waals surface area (Å²) < 4.78 is 18.7. The number of nitrogens with one attached hydrogen (secondary N) is 2. The van der Waals surface area contributed by atoms with Crippen LogP contribution in [0.2, 0.25) is 0 Å². The van der Waals surface area contributed by atoms with Gasteiger partial charge >= 0.3 is 0 Å². The molecule has 0 aliphatic rings. The maximum atomic E-state index is 13.1. The zero-order valence-corrected chi connectivity index (χ0v) is 12.5. The van der Waals surface area contributed by atoms with E-state index >= 15 is 0 Å². The fraction of sp³-hybridized carbons (Fsp3) is 0.188. The van der Waals surface area contributed by atoms with E-state index in [-0.39, 0.29) is 11.9 Å². The number of benzene rings is 2. The highest BCUT2D eigenvalue weighted by Crippen LogP contribution is 2.10. The molecular weight excluding hydrogens is 287 g/mol. The standard InChI is InChI=1S/C16H17FN2OS/c1-12(11-20-15-8-3-2-4-9-15)18-16(21)19-14-7-5-6-13(17)10-14/h2-10,12H,11H2,1H3,(H2,18,19,21). The number of para-hydroxylation sites is 1. The van der Waals surface area contributed by atoms with Gasteiger partial charge < -0.3 is 15.4 Å². The summed E-state index contributed by atoms with van der Waals surface area (Å²) in [5, 5.41) is 6.46. The summed E-state index contributed by atoms with van der Waals surface area (Å²) in [6, 6.07) is 15.8. The molecule has 0 aromatic heterocycles. The van der Waals surface area contributed by atoms with E-state index in [0.717, 1.165) is 5.75 Å². The number of anilines is 1. The molecule has 0 amide bonds. The molecule has 2 N–H and O–H groups in total. The van der Waals surface area contributed by atoms with Crippen molar-refractivity contribution in [2.75, 3.05) is 11.9 Å². The van der Waals surface area contributed by atoms with Gasteiger partial charge in [-0.1, -0.05) is 24.3 Å². The molecule has 21 heavy (non-hydrogen) atoms. The van der Waals surface area contributed by atoms with E-state index in [1.807, 2.05) is 37.3 Å². The third-order valence-electron chi connectivity index (χ3n) is 2.70. The van der Waals surface area contributed by atoms with Gasteiger partial charge in [0, 0.05) is 5.69 Å². The Hall–Kier alpha value is -2.14. The molecule has 0 bridgehead atoms. The fourth-order valence-corrected chi connectivity index (χ4v) is 2.06. The molecule has 0 spiro atoms. The Morgan fingerprint density at radius 2 is 1.95 bits per heavy atom. The van der Waals surface area contributed by atoms with Gasteiger partial charge in [0.25, 0.3) is 0 Å². The number of ether oxygens (including phenoxy) is 1. The van der Waals surface area contributed by atoms with Crippen molar-refractivity contribution in [3.8, 4) is 5.75 Å². The highest BCUT2D eigenvalue weighted by atomic mass is 32.1. The zero-order valence-electron chi connectivity index (χ0n) is 11.7. The van der Waals surface area contributed by atoms with Crippen LogP contribution in [-0.2, 0) is 0 Å². The van der Waals surface area contributed by atoms with Crippen molar-refractivity contribution in [2.24, 2.45) is 0 Å². The summed E-state index contributed by atoms with van der Waals surface area (Å²) in [5.74, 6) is 0.512. The van der Waals surface area contributed by atoms with Gasteiger partial charge in [-0.3, -0.25) is 0 Å². The van der Waals surface area contributed by atoms with Gasteiger partial charge in [0.1, 0.15) is 18.2 Å². The van der Waals surface area contributed by atoms with E-state index in [2.05, 4.69) is 10.6 Å². The normalized spacial score (nSPS) is 11.5. The molecule has 3 nitrogen and oxygen atoms in total. The van der Waals surface area contributed by atoms with Crippen molar-refractivity contribution in [1.82, 2.24) is 5.32 Å². The minimum Gasteiger partial charge on any atom is -0.491 e. The Morgan fingerprint density at radius 1 is 1.19 bits per heavy atom. The number of halogens is 1. The molecule has 0 heterocycles. The maximum Gasteiger partial charge on any atom is 0.171 e. The number of rotatable bonds is 5. The molecule has 2 aromatic carbocycles. The van der Waals surface area contributed by atoms with E-state index in [9.17, 15) is 4.39 Å². The Bertz CT molecular complexity index is 592. The second-order valence-corrected chi connectivity index (χ2v) is 5.04. The van der Waals surface area contributed by atoms with Gasteiger partial charge in [0.15, 0.2) is 5.11 Å². The molecule has 1 unspecified atom stereocenters. The van der Waals surface area contributed by atoms with Crippen LogP contribution in [0, 0.1) is 5.82 Å². The van der Waals surface area contributed by atoms with Crippen LogP contribution in [0.4, 0.5) is 10.1 Å². The molecule has 0 saturated heterocycles. The van der Waals surface area contributed by atoms with Gasteiger partial charge in [-0.2, -0.15) is 0 Å². The maximum absolute atomic E-state index is 13.1. The smallest absolute Gasteiger partial charge is 0.171 e. The Morgan fingerprint density at radius 3 is 2.67 bits per heavy atom. The van der Waals surface area contributed by atoms with Crippen LogP contribution < -0.4 is 15.4 Å². The van der Waals surface area contributed by atoms with Crippen molar-refractivity contribution in [2.45, 2.75) is 13.0 Å². The predicted octanol–water partition coefficient (Wildman–Crippen LogP) is 3.58. The topological polar surface area (TPSA) is 33.3 Å². The van der Waals surface area contributed by atoms with E-state index in [0.29, 0.717) is 17.4 Å². The molecule has 5 heteroatoms. The number of hydrogen-bond acceptors (Lipinski definition) is 2. The first kappa shape index (κ1) is 15.3. The van der Waals surface area contributed by atoms with Crippen molar-refractivity contribution >= 4 is 23.0 Å².